The first-order valence-corrected chi connectivity index (χ1v) is 11.4. The summed E-state index contributed by atoms with van der Waals surface area (Å²) in [5.41, 5.74) is 1.89. The lowest BCUT2D eigenvalue weighted by Gasteiger charge is -2.15. The van der Waals surface area contributed by atoms with Crippen LogP contribution in [0, 0.1) is 11.6 Å². The van der Waals surface area contributed by atoms with E-state index < -0.39 is 23.7 Å². The molecule has 0 heterocycles. The summed E-state index contributed by atoms with van der Waals surface area (Å²) in [7, 11) is 4.40. The topological polar surface area (TPSA) is 86.3 Å². The number of ether oxygens (including phenoxy) is 4. The van der Waals surface area contributed by atoms with Gasteiger partial charge in [-0.05, 0) is 47.5 Å². The fraction of sp³-hybridized carbons (Fsp3) is 0.250. The number of carbonyl (C=O) groups is 1. The van der Waals surface area contributed by atoms with E-state index in [-0.39, 0.29) is 18.7 Å². The first-order valence-electron chi connectivity index (χ1n) is 11.4. The van der Waals surface area contributed by atoms with Crippen LogP contribution in [0.25, 0.3) is 11.6 Å². The molecule has 37 heavy (non-hydrogen) atoms. The van der Waals surface area contributed by atoms with Crippen LogP contribution in [0.3, 0.4) is 0 Å². The van der Waals surface area contributed by atoms with Gasteiger partial charge in [0.15, 0.2) is 11.6 Å². The smallest absolute Gasteiger partial charge is 0.338 e. The molecule has 196 valence electrons. The number of carbonyl (C=O) groups excluding carboxylic acids is 1. The van der Waals surface area contributed by atoms with Crippen molar-refractivity contribution in [3.05, 3.63) is 89.0 Å². The van der Waals surface area contributed by atoms with Crippen molar-refractivity contribution in [1.82, 2.24) is 5.32 Å². The second-order valence-electron chi connectivity index (χ2n) is 8.02. The maximum Gasteiger partial charge on any atom is 0.338 e. The molecular formula is C28H29F2NO6. The first kappa shape index (κ1) is 27.6. The fourth-order valence-corrected chi connectivity index (χ4v) is 3.49. The maximum absolute atomic E-state index is 13.6. The number of aliphatic hydroxyl groups excluding tert-OH is 1. The molecule has 0 aliphatic carbocycles. The van der Waals surface area contributed by atoms with Gasteiger partial charge in [0.2, 0.25) is 0 Å². The molecule has 0 bridgehead atoms. The highest BCUT2D eigenvalue weighted by molar-refractivity contribution is 6.21. The molecule has 0 saturated carbocycles. The molecule has 3 aromatic carbocycles. The number of benzene rings is 3. The van der Waals surface area contributed by atoms with E-state index in [9.17, 15) is 18.7 Å². The molecule has 0 amide bonds. The van der Waals surface area contributed by atoms with E-state index >= 15 is 0 Å². The summed E-state index contributed by atoms with van der Waals surface area (Å²) < 4.78 is 47.9. The van der Waals surface area contributed by atoms with Crippen molar-refractivity contribution in [3.8, 4) is 17.2 Å². The van der Waals surface area contributed by atoms with Gasteiger partial charge in [0.1, 0.15) is 30.0 Å². The van der Waals surface area contributed by atoms with Gasteiger partial charge in [-0.25, -0.2) is 13.6 Å². The SMILES string of the molecule is COC(=O)/C(=C/c1ccc(F)c(F)c1)c1ccc(OCC(O)CNCc2ccc(OC)cc2OC)cc1. The lowest BCUT2D eigenvalue weighted by molar-refractivity contribution is -0.133. The van der Waals surface area contributed by atoms with E-state index in [4.69, 9.17) is 18.9 Å². The van der Waals surface area contributed by atoms with E-state index in [1.807, 2.05) is 12.1 Å². The Balaban J connectivity index is 1.56. The molecule has 0 aliphatic rings. The molecule has 0 saturated heterocycles. The zero-order chi connectivity index (χ0) is 26.8. The average molecular weight is 514 g/mol. The quantitative estimate of drug-likeness (QED) is 0.213. The van der Waals surface area contributed by atoms with Crippen LogP contribution in [0.2, 0.25) is 0 Å². The summed E-state index contributed by atoms with van der Waals surface area (Å²) in [5, 5.41) is 13.4. The van der Waals surface area contributed by atoms with Crippen molar-refractivity contribution >= 4 is 17.6 Å². The molecule has 0 spiro atoms. The van der Waals surface area contributed by atoms with Gasteiger partial charge in [0, 0.05) is 24.7 Å². The Labute approximate surface area is 214 Å². The van der Waals surface area contributed by atoms with Gasteiger partial charge in [0.25, 0.3) is 0 Å². The molecule has 3 rings (SSSR count). The normalized spacial score (nSPS) is 12.1. The van der Waals surface area contributed by atoms with Gasteiger partial charge in [0.05, 0.1) is 26.9 Å². The van der Waals surface area contributed by atoms with Gasteiger partial charge < -0.3 is 29.4 Å². The van der Waals surface area contributed by atoms with Gasteiger partial charge >= 0.3 is 5.97 Å². The number of rotatable bonds is 12. The fourth-order valence-electron chi connectivity index (χ4n) is 3.49. The standard InChI is InChI=1S/C28H29F2NO6/c1-34-23-10-7-20(27(14-23)35-2)15-31-16-21(32)17-37-22-8-5-19(6-9-22)24(28(33)36-3)12-18-4-11-25(29)26(30)13-18/h4-14,21,31-32H,15-17H2,1-3H3/b24-12+. The molecule has 9 heteroatoms. The molecule has 1 atom stereocenters. The summed E-state index contributed by atoms with van der Waals surface area (Å²) >= 11 is 0. The van der Waals surface area contributed by atoms with Crippen LogP contribution in [0.1, 0.15) is 16.7 Å². The van der Waals surface area contributed by atoms with E-state index in [0.29, 0.717) is 34.9 Å². The van der Waals surface area contributed by atoms with Gasteiger partial charge in [-0.2, -0.15) is 0 Å². The second-order valence-corrected chi connectivity index (χ2v) is 8.02. The van der Waals surface area contributed by atoms with E-state index in [0.717, 1.165) is 17.7 Å². The molecular weight excluding hydrogens is 484 g/mol. The summed E-state index contributed by atoms with van der Waals surface area (Å²) in [6, 6.07) is 15.4. The number of methoxy groups -OCH3 is 3. The molecule has 2 N–H and O–H groups in total. The summed E-state index contributed by atoms with van der Waals surface area (Å²) in [6.45, 7) is 0.816. The predicted molar refractivity (Wildman–Crippen MR) is 135 cm³/mol. The van der Waals surface area contributed by atoms with Crippen molar-refractivity contribution in [2.24, 2.45) is 0 Å². The van der Waals surface area contributed by atoms with Crippen LogP contribution < -0.4 is 19.5 Å². The summed E-state index contributed by atoms with van der Waals surface area (Å²) in [4.78, 5) is 12.3. The maximum atomic E-state index is 13.6. The van der Waals surface area contributed by atoms with Gasteiger partial charge in [-0.15, -0.1) is 0 Å². The monoisotopic (exact) mass is 513 g/mol. The Bertz CT molecular complexity index is 1230. The minimum absolute atomic E-state index is 0.0423. The molecule has 0 fully saturated rings. The van der Waals surface area contributed by atoms with Crippen molar-refractivity contribution in [3.63, 3.8) is 0 Å². The van der Waals surface area contributed by atoms with Crippen LogP contribution in [0.4, 0.5) is 8.78 Å². The third-order valence-corrected chi connectivity index (χ3v) is 5.46. The van der Waals surface area contributed by atoms with E-state index in [1.54, 1.807) is 44.6 Å². The molecule has 0 aromatic heterocycles. The third kappa shape index (κ3) is 7.77. The van der Waals surface area contributed by atoms with Crippen molar-refractivity contribution in [2.45, 2.75) is 12.6 Å². The minimum Gasteiger partial charge on any atom is -0.497 e. The summed E-state index contributed by atoms with van der Waals surface area (Å²) in [5.74, 6) is -0.764. The third-order valence-electron chi connectivity index (χ3n) is 5.46. The van der Waals surface area contributed by atoms with Crippen LogP contribution in [0.15, 0.2) is 60.7 Å². The van der Waals surface area contributed by atoms with Crippen LogP contribution in [-0.2, 0) is 16.1 Å². The number of hydrogen-bond donors (Lipinski definition) is 2. The number of aliphatic hydroxyl groups is 1. The van der Waals surface area contributed by atoms with Gasteiger partial charge in [-0.3, -0.25) is 0 Å². The number of nitrogens with one attached hydrogen (secondary N) is 1. The Morgan fingerprint density at radius 3 is 2.32 bits per heavy atom. The molecule has 1 unspecified atom stereocenters. The van der Waals surface area contributed by atoms with Crippen molar-refractivity contribution in [2.75, 3.05) is 34.5 Å². The minimum atomic E-state index is -1.02. The summed E-state index contributed by atoms with van der Waals surface area (Å²) in [6.07, 6.45) is 0.639. The molecule has 0 radical (unpaired) electrons. The lowest BCUT2D eigenvalue weighted by atomic mass is 10.0. The van der Waals surface area contributed by atoms with Crippen LogP contribution >= 0.6 is 0 Å². The Morgan fingerprint density at radius 2 is 1.68 bits per heavy atom. The van der Waals surface area contributed by atoms with Crippen molar-refractivity contribution < 1.29 is 37.6 Å². The number of hydrogen-bond acceptors (Lipinski definition) is 7. The Kier molecular flexibility index (Phi) is 10.00. The number of halogens is 2. The van der Waals surface area contributed by atoms with Crippen LogP contribution in [-0.4, -0.2) is 51.7 Å². The Morgan fingerprint density at radius 1 is 0.946 bits per heavy atom. The van der Waals surface area contributed by atoms with Crippen LogP contribution in [0.5, 0.6) is 17.2 Å². The van der Waals surface area contributed by atoms with Crippen molar-refractivity contribution in [1.29, 1.82) is 0 Å². The highest BCUT2D eigenvalue weighted by Crippen LogP contribution is 2.25. The van der Waals surface area contributed by atoms with E-state index in [1.165, 1.54) is 19.3 Å². The lowest BCUT2D eigenvalue weighted by Crippen LogP contribution is -2.31. The predicted octanol–water partition coefficient (Wildman–Crippen LogP) is 4.23. The zero-order valence-electron chi connectivity index (χ0n) is 20.8. The first-order chi connectivity index (χ1) is 17.8. The Hall–Kier alpha value is -3.95. The highest BCUT2D eigenvalue weighted by Gasteiger charge is 2.14. The second kappa shape index (κ2) is 13.4. The van der Waals surface area contributed by atoms with E-state index in [2.05, 4.69) is 5.32 Å². The average Bonchev–Trinajstić information content (AvgIpc) is 2.92. The zero-order valence-corrected chi connectivity index (χ0v) is 20.8. The largest absolute Gasteiger partial charge is 0.497 e. The highest BCUT2D eigenvalue weighted by atomic mass is 19.2. The molecule has 0 aliphatic heterocycles. The molecule has 7 nitrogen and oxygen atoms in total. The number of esters is 1. The van der Waals surface area contributed by atoms with Gasteiger partial charge in [-0.1, -0.05) is 24.3 Å². The molecule has 3 aromatic rings.